The van der Waals surface area contributed by atoms with Crippen LogP contribution in [0.3, 0.4) is 0 Å². The minimum Gasteiger partial charge on any atom is -0.384 e. The Labute approximate surface area is 133 Å². The van der Waals surface area contributed by atoms with Crippen LogP contribution >= 0.6 is 0 Å². The van der Waals surface area contributed by atoms with E-state index in [4.69, 9.17) is 16.2 Å². The van der Waals surface area contributed by atoms with Gasteiger partial charge in [-0.25, -0.2) is 0 Å². The summed E-state index contributed by atoms with van der Waals surface area (Å²) in [5.41, 5.74) is 15.1. The van der Waals surface area contributed by atoms with Gasteiger partial charge in [0.25, 0.3) is 5.91 Å². The molecule has 1 atom stereocenters. The molecule has 0 saturated heterocycles. The van der Waals surface area contributed by atoms with Crippen molar-refractivity contribution >= 4 is 11.9 Å². The molecule has 0 spiro atoms. The van der Waals surface area contributed by atoms with E-state index >= 15 is 0 Å². The van der Waals surface area contributed by atoms with E-state index in [2.05, 4.69) is 4.99 Å². The number of aliphatic hydroxyl groups is 1. The van der Waals surface area contributed by atoms with E-state index in [0.29, 0.717) is 17.7 Å². The molecule has 1 amide bonds. The van der Waals surface area contributed by atoms with Gasteiger partial charge in [0.15, 0.2) is 5.96 Å². The molecule has 0 saturated carbocycles. The zero-order chi connectivity index (χ0) is 16.6. The van der Waals surface area contributed by atoms with Crippen LogP contribution < -0.4 is 11.5 Å². The number of benzene rings is 2. The average molecular weight is 311 g/mol. The largest absolute Gasteiger partial charge is 0.384 e. The van der Waals surface area contributed by atoms with Gasteiger partial charge in [0.1, 0.15) is 6.10 Å². The smallest absolute Gasteiger partial charge is 0.280 e. The number of carbonyl (C=O) groups excluding carboxylic acids is 1. The van der Waals surface area contributed by atoms with Crippen molar-refractivity contribution in [3.63, 3.8) is 0 Å². The van der Waals surface area contributed by atoms with Gasteiger partial charge >= 0.3 is 0 Å². The van der Waals surface area contributed by atoms with Crippen molar-refractivity contribution in [1.82, 2.24) is 0 Å². The number of methoxy groups -OCH3 is 1. The lowest BCUT2D eigenvalue weighted by molar-refractivity contribution is 0.100. The monoisotopic (exact) mass is 311 g/mol. The van der Waals surface area contributed by atoms with E-state index in [0.717, 1.165) is 22.3 Å². The Balaban J connectivity index is 2.11. The molecule has 1 aliphatic rings. The molecule has 1 unspecified atom stereocenters. The van der Waals surface area contributed by atoms with Gasteiger partial charge in [-0.15, -0.1) is 0 Å². The number of hydrogen-bond donors (Lipinski definition) is 3. The summed E-state index contributed by atoms with van der Waals surface area (Å²) >= 11 is 0. The highest BCUT2D eigenvalue weighted by molar-refractivity contribution is 6.02. The van der Waals surface area contributed by atoms with Gasteiger partial charge in [-0.3, -0.25) is 4.79 Å². The molecular formula is C17H17N3O3. The summed E-state index contributed by atoms with van der Waals surface area (Å²) in [7, 11) is 1.63. The topological polar surface area (TPSA) is 111 Å². The normalized spacial score (nSPS) is 15.0. The Morgan fingerprint density at radius 3 is 2.74 bits per heavy atom. The van der Waals surface area contributed by atoms with Crippen LogP contribution in [0.2, 0.25) is 0 Å². The summed E-state index contributed by atoms with van der Waals surface area (Å²) < 4.78 is 5.23. The molecule has 6 nitrogen and oxygen atoms in total. The fourth-order valence-corrected chi connectivity index (χ4v) is 2.95. The van der Waals surface area contributed by atoms with Gasteiger partial charge in [-0.1, -0.05) is 24.3 Å². The molecule has 0 aromatic heterocycles. The first kappa shape index (κ1) is 15.2. The number of aliphatic imine (C=N–C) groups is 1. The standard InChI is InChI=1S/C17H17N3O3/c1-23-8-10-3-2-4-12-14(10)11-6-5-9(7-13(11)15(12)21)16(22)20-17(18)19/h2-7,15,21H,8H2,1H3,(H4,18,19,20,22). The number of guanidine groups is 1. The predicted octanol–water partition coefficient (Wildman–Crippen LogP) is 1.31. The number of aliphatic hydroxyl groups excluding tert-OH is 1. The Morgan fingerprint density at radius 1 is 1.26 bits per heavy atom. The van der Waals surface area contributed by atoms with Crippen LogP contribution in [0, 0.1) is 0 Å². The molecule has 0 bridgehead atoms. The van der Waals surface area contributed by atoms with E-state index in [1.807, 2.05) is 18.2 Å². The molecule has 6 heteroatoms. The van der Waals surface area contributed by atoms with Crippen LogP contribution in [-0.2, 0) is 11.3 Å². The summed E-state index contributed by atoms with van der Waals surface area (Å²) in [5, 5.41) is 10.6. The molecule has 23 heavy (non-hydrogen) atoms. The Hall–Kier alpha value is -2.70. The van der Waals surface area contributed by atoms with E-state index in [9.17, 15) is 9.90 Å². The van der Waals surface area contributed by atoms with Crippen LogP contribution in [0.4, 0.5) is 0 Å². The Kier molecular flexibility index (Phi) is 3.85. The Bertz CT molecular complexity index is 811. The summed E-state index contributed by atoms with van der Waals surface area (Å²) in [4.78, 5) is 15.5. The predicted molar refractivity (Wildman–Crippen MR) is 86.8 cm³/mol. The molecule has 2 aromatic rings. The van der Waals surface area contributed by atoms with Gasteiger partial charge in [0.05, 0.1) is 6.61 Å². The van der Waals surface area contributed by atoms with Crippen LogP contribution in [0.15, 0.2) is 41.4 Å². The third kappa shape index (κ3) is 2.58. The molecule has 0 radical (unpaired) electrons. The minimum atomic E-state index is -0.788. The number of hydrogen-bond acceptors (Lipinski definition) is 3. The van der Waals surface area contributed by atoms with Crippen molar-refractivity contribution < 1.29 is 14.6 Å². The lowest BCUT2D eigenvalue weighted by Crippen LogP contribution is -2.24. The average Bonchev–Trinajstić information content (AvgIpc) is 2.81. The number of amides is 1. The fraction of sp³-hybridized carbons (Fsp3) is 0.176. The van der Waals surface area contributed by atoms with Crippen molar-refractivity contribution in [3.05, 3.63) is 58.7 Å². The second-order valence-corrected chi connectivity index (χ2v) is 5.36. The molecule has 5 N–H and O–H groups in total. The summed E-state index contributed by atoms with van der Waals surface area (Å²) in [6.07, 6.45) is -0.788. The van der Waals surface area contributed by atoms with Crippen LogP contribution in [-0.4, -0.2) is 24.1 Å². The molecule has 0 heterocycles. The van der Waals surface area contributed by atoms with E-state index in [-0.39, 0.29) is 5.96 Å². The van der Waals surface area contributed by atoms with Crippen LogP contribution in [0.1, 0.15) is 33.2 Å². The number of fused-ring (bicyclic) bond motifs is 3. The minimum absolute atomic E-state index is 0.290. The first-order valence-electron chi connectivity index (χ1n) is 7.10. The maximum atomic E-state index is 12.0. The van der Waals surface area contributed by atoms with Gasteiger partial charge in [-0.2, -0.15) is 4.99 Å². The van der Waals surface area contributed by atoms with Gasteiger partial charge in [-0.05, 0) is 39.9 Å². The number of nitrogens with two attached hydrogens (primary N) is 2. The fourth-order valence-electron chi connectivity index (χ4n) is 2.95. The molecule has 0 fully saturated rings. The molecule has 3 rings (SSSR count). The molecule has 0 aliphatic heterocycles. The second kappa shape index (κ2) is 5.83. The van der Waals surface area contributed by atoms with E-state index in [1.54, 1.807) is 25.3 Å². The maximum absolute atomic E-state index is 12.0. The number of rotatable bonds is 3. The van der Waals surface area contributed by atoms with Crippen molar-refractivity contribution in [1.29, 1.82) is 0 Å². The van der Waals surface area contributed by atoms with E-state index in [1.165, 1.54) is 0 Å². The first-order valence-corrected chi connectivity index (χ1v) is 7.10. The third-order valence-corrected chi connectivity index (χ3v) is 3.87. The number of ether oxygens (including phenoxy) is 1. The summed E-state index contributed by atoms with van der Waals surface area (Å²) in [6, 6.07) is 10.8. The van der Waals surface area contributed by atoms with Crippen molar-refractivity contribution in [2.75, 3.05) is 7.11 Å². The Morgan fingerprint density at radius 2 is 2.04 bits per heavy atom. The van der Waals surface area contributed by atoms with E-state index < -0.39 is 12.0 Å². The molecule has 2 aromatic carbocycles. The van der Waals surface area contributed by atoms with Crippen molar-refractivity contribution in [2.45, 2.75) is 12.7 Å². The second-order valence-electron chi connectivity index (χ2n) is 5.36. The summed E-state index contributed by atoms with van der Waals surface area (Å²) in [5.74, 6) is -0.824. The highest BCUT2D eigenvalue weighted by Gasteiger charge is 2.29. The van der Waals surface area contributed by atoms with Gasteiger partial charge < -0.3 is 21.3 Å². The molecule has 1 aliphatic carbocycles. The molecular weight excluding hydrogens is 294 g/mol. The number of nitrogens with zero attached hydrogens (tertiary/aromatic N) is 1. The maximum Gasteiger partial charge on any atom is 0.280 e. The quantitative estimate of drug-likeness (QED) is 0.584. The lowest BCUT2D eigenvalue weighted by atomic mass is 9.99. The zero-order valence-electron chi connectivity index (χ0n) is 12.6. The number of carbonyl (C=O) groups is 1. The van der Waals surface area contributed by atoms with Gasteiger partial charge in [0, 0.05) is 12.7 Å². The summed E-state index contributed by atoms with van der Waals surface area (Å²) in [6.45, 7) is 0.448. The SMILES string of the molecule is COCc1cccc2c1-c1ccc(C(=O)N=C(N)N)cc1C2O. The lowest BCUT2D eigenvalue weighted by Gasteiger charge is -2.09. The first-order chi connectivity index (χ1) is 11.0. The highest BCUT2D eigenvalue weighted by atomic mass is 16.5. The highest BCUT2D eigenvalue weighted by Crippen LogP contribution is 2.45. The zero-order valence-corrected chi connectivity index (χ0v) is 12.6. The molecule has 118 valence electrons. The van der Waals surface area contributed by atoms with Crippen LogP contribution in [0.25, 0.3) is 11.1 Å². The van der Waals surface area contributed by atoms with Crippen molar-refractivity contribution in [3.8, 4) is 11.1 Å². The van der Waals surface area contributed by atoms with Gasteiger partial charge in [0.2, 0.25) is 0 Å². The van der Waals surface area contributed by atoms with Crippen LogP contribution in [0.5, 0.6) is 0 Å². The van der Waals surface area contributed by atoms with Crippen molar-refractivity contribution in [2.24, 2.45) is 16.5 Å². The third-order valence-electron chi connectivity index (χ3n) is 3.87.